The molecular weight excluding hydrogens is 261 g/mol. The second-order valence-electron chi connectivity index (χ2n) is 3.99. The van der Waals surface area contributed by atoms with Crippen molar-refractivity contribution in [2.75, 3.05) is 0 Å². The topological polar surface area (TPSA) is 81.5 Å². The quantitative estimate of drug-likeness (QED) is 0.637. The van der Waals surface area contributed by atoms with Crippen LogP contribution in [0, 0.1) is 5.92 Å². The summed E-state index contributed by atoms with van der Waals surface area (Å²) in [6.45, 7) is 0. The van der Waals surface area contributed by atoms with Crippen LogP contribution >= 0.6 is 23.2 Å². The molecule has 17 heavy (non-hydrogen) atoms. The van der Waals surface area contributed by atoms with Crippen molar-refractivity contribution in [3.05, 3.63) is 33.8 Å². The van der Waals surface area contributed by atoms with E-state index < -0.39 is 0 Å². The Hall–Kier alpha value is -1.26. The second kappa shape index (κ2) is 4.55. The van der Waals surface area contributed by atoms with Gasteiger partial charge in [-0.2, -0.15) is 4.99 Å². The fourth-order valence-corrected chi connectivity index (χ4v) is 2.26. The van der Waals surface area contributed by atoms with Crippen molar-refractivity contribution in [1.82, 2.24) is 0 Å². The van der Waals surface area contributed by atoms with E-state index in [2.05, 4.69) is 4.99 Å². The van der Waals surface area contributed by atoms with E-state index in [0.717, 1.165) is 5.56 Å². The lowest BCUT2D eigenvalue weighted by Gasteiger charge is -2.03. The van der Waals surface area contributed by atoms with Crippen LogP contribution in [0.1, 0.15) is 17.9 Å². The van der Waals surface area contributed by atoms with E-state index in [9.17, 15) is 4.79 Å². The van der Waals surface area contributed by atoms with Crippen LogP contribution in [0.25, 0.3) is 0 Å². The number of hydrogen-bond acceptors (Lipinski definition) is 1. The number of halogens is 2. The summed E-state index contributed by atoms with van der Waals surface area (Å²) in [5.41, 5.74) is 11.2. The third kappa shape index (κ3) is 2.70. The highest BCUT2D eigenvalue weighted by Crippen LogP contribution is 2.50. The number of nitrogens with two attached hydrogens (primary N) is 2. The normalized spacial score (nSPS) is 22.0. The van der Waals surface area contributed by atoms with Gasteiger partial charge in [0.05, 0.1) is 0 Å². The molecule has 2 atom stereocenters. The van der Waals surface area contributed by atoms with E-state index in [0.29, 0.717) is 16.5 Å². The maximum Gasteiger partial charge on any atom is 0.252 e. The monoisotopic (exact) mass is 271 g/mol. The molecule has 1 amide bonds. The molecule has 1 saturated carbocycles. The highest BCUT2D eigenvalue weighted by Gasteiger charge is 2.45. The molecule has 0 unspecified atom stereocenters. The van der Waals surface area contributed by atoms with Crippen molar-refractivity contribution in [2.45, 2.75) is 12.3 Å². The molecule has 4 N–H and O–H groups in total. The van der Waals surface area contributed by atoms with Crippen molar-refractivity contribution in [2.24, 2.45) is 22.4 Å². The number of rotatable bonds is 2. The maximum atomic E-state index is 11.6. The van der Waals surface area contributed by atoms with E-state index in [1.54, 1.807) is 18.2 Å². The lowest BCUT2D eigenvalue weighted by atomic mass is 10.1. The first-order valence-electron chi connectivity index (χ1n) is 5.07. The van der Waals surface area contributed by atoms with Crippen molar-refractivity contribution in [3.63, 3.8) is 0 Å². The molecule has 90 valence electrons. The third-order valence-electron chi connectivity index (χ3n) is 2.70. The zero-order chi connectivity index (χ0) is 12.6. The number of benzene rings is 1. The Bertz CT molecular complexity index is 497. The summed E-state index contributed by atoms with van der Waals surface area (Å²) in [6.07, 6.45) is 0.704. The van der Waals surface area contributed by atoms with Crippen LogP contribution in [0.5, 0.6) is 0 Å². The van der Waals surface area contributed by atoms with Crippen LogP contribution < -0.4 is 11.5 Å². The van der Waals surface area contributed by atoms with Crippen LogP contribution in [-0.4, -0.2) is 11.9 Å². The summed E-state index contributed by atoms with van der Waals surface area (Å²) >= 11 is 11.9. The molecule has 1 aromatic carbocycles. The molecule has 0 spiro atoms. The number of hydrogen-bond donors (Lipinski definition) is 2. The number of carbonyl (C=O) groups excluding carboxylic acids is 1. The molecule has 0 heterocycles. The number of nitrogens with zero attached hydrogens (tertiary/aromatic N) is 1. The highest BCUT2D eigenvalue weighted by molar-refractivity contribution is 6.33. The van der Waals surface area contributed by atoms with Gasteiger partial charge >= 0.3 is 0 Å². The molecule has 0 bridgehead atoms. The van der Waals surface area contributed by atoms with E-state index in [1.807, 2.05) is 0 Å². The number of guanidine groups is 1. The van der Waals surface area contributed by atoms with Crippen LogP contribution in [-0.2, 0) is 4.79 Å². The molecule has 1 aliphatic rings. The lowest BCUT2D eigenvalue weighted by molar-refractivity contribution is -0.119. The molecule has 0 aromatic heterocycles. The van der Waals surface area contributed by atoms with Gasteiger partial charge < -0.3 is 11.5 Å². The summed E-state index contributed by atoms with van der Waals surface area (Å²) in [5, 5.41) is 1.21. The fourth-order valence-electron chi connectivity index (χ4n) is 1.82. The summed E-state index contributed by atoms with van der Waals surface area (Å²) in [6, 6.07) is 5.21. The summed E-state index contributed by atoms with van der Waals surface area (Å²) in [4.78, 5) is 15.1. The minimum Gasteiger partial charge on any atom is -0.370 e. The molecule has 6 heteroatoms. The van der Waals surface area contributed by atoms with Crippen LogP contribution in [0.15, 0.2) is 23.2 Å². The summed E-state index contributed by atoms with van der Waals surface area (Å²) in [5.74, 6) is -0.631. The summed E-state index contributed by atoms with van der Waals surface area (Å²) in [7, 11) is 0. The largest absolute Gasteiger partial charge is 0.370 e. The predicted molar refractivity (Wildman–Crippen MR) is 68.1 cm³/mol. The van der Waals surface area contributed by atoms with Gasteiger partial charge in [0.1, 0.15) is 0 Å². The van der Waals surface area contributed by atoms with Gasteiger partial charge in [0.25, 0.3) is 5.91 Å². The average Bonchev–Trinajstić information content (AvgIpc) is 3.00. The molecule has 0 aliphatic heterocycles. The van der Waals surface area contributed by atoms with E-state index >= 15 is 0 Å². The SMILES string of the molecule is NC(N)=NC(=O)[C@H]1C[C@@H]1c1cc(Cl)ccc1Cl. The standard InChI is InChI=1S/C11H11Cl2N3O/c12-5-1-2-9(13)7(3-5)6-4-8(6)10(17)16-11(14)15/h1-3,6,8H,4H2,(H4,14,15,16,17)/t6-,8+/m1/s1. The Morgan fingerprint density at radius 2 is 2.06 bits per heavy atom. The number of amides is 1. The van der Waals surface area contributed by atoms with Gasteiger partial charge in [-0.25, -0.2) is 0 Å². The second-order valence-corrected chi connectivity index (χ2v) is 4.83. The summed E-state index contributed by atoms with van der Waals surface area (Å²) < 4.78 is 0. The predicted octanol–water partition coefficient (Wildman–Crippen LogP) is 1.90. The average molecular weight is 272 g/mol. The van der Waals surface area contributed by atoms with Crippen molar-refractivity contribution in [1.29, 1.82) is 0 Å². The van der Waals surface area contributed by atoms with Gasteiger partial charge in [-0.15, -0.1) is 0 Å². The Morgan fingerprint density at radius 1 is 1.35 bits per heavy atom. The molecule has 0 saturated heterocycles. The molecule has 1 aromatic rings. The molecule has 0 radical (unpaired) electrons. The van der Waals surface area contributed by atoms with Gasteiger partial charge in [-0.1, -0.05) is 23.2 Å². The first-order valence-corrected chi connectivity index (χ1v) is 5.83. The maximum absolute atomic E-state index is 11.6. The van der Waals surface area contributed by atoms with Crippen LogP contribution in [0.4, 0.5) is 0 Å². The van der Waals surface area contributed by atoms with Gasteiger partial charge in [-0.3, -0.25) is 4.79 Å². The van der Waals surface area contributed by atoms with Crippen molar-refractivity contribution >= 4 is 35.1 Å². The van der Waals surface area contributed by atoms with Gasteiger partial charge in [0.15, 0.2) is 5.96 Å². The third-order valence-corrected chi connectivity index (χ3v) is 3.28. The van der Waals surface area contributed by atoms with E-state index in [4.69, 9.17) is 34.7 Å². The molecule has 1 fully saturated rings. The van der Waals surface area contributed by atoms with Crippen molar-refractivity contribution < 1.29 is 4.79 Å². The molecule has 4 nitrogen and oxygen atoms in total. The first-order chi connectivity index (χ1) is 7.99. The van der Waals surface area contributed by atoms with Crippen molar-refractivity contribution in [3.8, 4) is 0 Å². The Morgan fingerprint density at radius 3 is 2.71 bits per heavy atom. The van der Waals surface area contributed by atoms with Gasteiger partial charge in [0, 0.05) is 16.0 Å². The smallest absolute Gasteiger partial charge is 0.252 e. The van der Waals surface area contributed by atoms with E-state index in [-0.39, 0.29) is 23.7 Å². The Kier molecular flexibility index (Phi) is 3.26. The number of carbonyl (C=O) groups is 1. The zero-order valence-corrected chi connectivity index (χ0v) is 10.4. The lowest BCUT2D eigenvalue weighted by Crippen LogP contribution is -2.24. The van der Waals surface area contributed by atoms with Gasteiger partial charge in [-0.05, 0) is 36.1 Å². The first kappa shape index (κ1) is 12.2. The van der Waals surface area contributed by atoms with Crippen LogP contribution in [0.2, 0.25) is 10.0 Å². The molecule has 2 rings (SSSR count). The molecule has 1 aliphatic carbocycles. The Labute approximate surface area is 109 Å². The fraction of sp³-hybridized carbons (Fsp3) is 0.273. The zero-order valence-electron chi connectivity index (χ0n) is 8.86. The van der Waals surface area contributed by atoms with Gasteiger partial charge in [0.2, 0.25) is 0 Å². The van der Waals surface area contributed by atoms with Crippen LogP contribution in [0.3, 0.4) is 0 Å². The van der Waals surface area contributed by atoms with E-state index in [1.165, 1.54) is 0 Å². The Balaban J connectivity index is 2.15. The minimum absolute atomic E-state index is 0.0665. The highest BCUT2D eigenvalue weighted by atomic mass is 35.5. The minimum atomic E-state index is -0.300. The number of aliphatic imine (C=N–C) groups is 1. The molecular formula is C11H11Cl2N3O.